The number of ether oxygens (including phenoxy) is 3. The molecule has 0 N–H and O–H groups in total. The van der Waals surface area contributed by atoms with E-state index in [0.29, 0.717) is 53.2 Å². The van der Waals surface area contributed by atoms with Crippen molar-refractivity contribution in [2.24, 2.45) is 4.99 Å². The summed E-state index contributed by atoms with van der Waals surface area (Å²) in [5.74, 6) is 0.631. The molecule has 13 heteroatoms. The van der Waals surface area contributed by atoms with Gasteiger partial charge in [0, 0.05) is 31.8 Å². The quantitative estimate of drug-likeness (QED) is 0.370. The van der Waals surface area contributed by atoms with Crippen molar-refractivity contribution in [1.82, 2.24) is 8.87 Å². The fraction of sp³-hybridized carbons (Fsp3) is 0.455. The minimum atomic E-state index is -3.84. The van der Waals surface area contributed by atoms with Crippen LogP contribution in [0.2, 0.25) is 4.34 Å². The van der Waals surface area contributed by atoms with Crippen LogP contribution in [0.15, 0.2) is 33.5 Å². The Labute approximate surface area is 216 Å². The maximum atomic E-state index is 13.3. The van der Waals surface area contributed by atoms with Gasteiger partial charge >= 0.3 is 0 Å². The molecule has 9 nitrogen and oxygen atoms in total. The van der Waals surface area contributed by atoms with Crippen molar-refractivity contribution in [3.63, 3.8) is 0 Å². The molecule has 1 saturated heterocycles. The van der Waals surface area contributed by atoms with Gasteiger partial charge in [-0.05, 0) is 31.9 Å². The molecule has 4 rings (SSSR count). The number of carbonyl (C=O) groups is 1. The average Bonchev–Trinajstić information content (AvgIpc) is 3.57. The number of fused-ring (bicyclic) bond motifs is 1. The lowest BCUT2D eigenvalue weighted by atomic mass is 10.2. The van der Waals surface area contributed by atoms with E-state index in [2.05, 4.69) is 4.99 Å². The molecule has 0 bridgehead atoms. The lowest BCUT2D eigenvalue weighted by Gasteiger charge is -2.20. The molecule has 3 aromatic rings. The number of benzene rings is 1. The van der Waals surface area contributed by atoms with E-state index in [0.717, 1.165) is 21.6 Å². The standard InChI is InChI=1S/C22H26ClN3O6S3/c1-4-32-11-10-25-15-12-16(30-2)17(31-3)13-18(15)33-22(25)24-21(27)14-6-5-9-26(14)35(28,29)20-8-7-19(23)34-20/h7-8,12-14H,4-6,9-11H2,1-3H3. The molecule has 1 aliphatic heterocycles. The number of rotatable bonds is 9. The first-order chi connectivity index (χ1) is 16.8. The van der Waals surface area contributed by atoms with Gasteiger partial charge in [0.1, 0.15) is 10.3 Å². The Bertz CT molecular complexity index is 1400. The minimum Gasteiger partial charge on any atom is -0.493 e. The second kappa shape index (κ2) is 11.0. The molecule has 0 spiro atoms. The number of sulfonamides is 1. The number of aromatic nitrogens is 1. The highest BCUT2D eigenvalue weighted by molar-refractivity contribution is 7.91. The molecule has 1 unspecified atom stereocenters. The molecule has 1 amide bonds. The van der Waals surface area contributed by atoms with Crippen molar-refractivity contribution in [3.05, 3.63) is 33.4 Å². The number of hydrogen-bond donors (Lipinski definition) is 0. The van der Waals surface area contributed by atoms with E-state index < -0.39 is 22.0 Å². The summed E-state index contributed by atoms with van der Waals surface area (Å²) in [7, 11) is -0.723. The number of methoxy groups -OCH3 is 2. The summed E-state index contributed by atoms with van der Waals surface area (Å²) in [4.78, 5) is 18.2. The van der Waals surface area contributed by atoms with E-state index in [1.165, 1.54) is 27.8 Å². The van der Waals surface area contributed by atoms with E-state index in [9.17, 15) is 13.2 Å². The fourth-order valence-electron chi connectivity index (χ4n) is 3.99. The molecule has 35 heavy (non-hydrogen) atoms. The maximum Gasteiger partial charge on any atom is 0.266 e. The molecule has 1 aromatic carbocycles. The van der Waals surface area contributed by atoms with Gasteiger partial charge in [-0.2, -0.15) is 9.30 Å². The molecule has 190 valence electrons. The number of thiophene rings is 1. The Kier molecular flexibility index (Phi) is 8.19. The second-order valence-corrected chi connectivity index (χ2v) is 12.5. The van der Waals surface area contributed by atoms with Gasteiger partial charge in [0.2, 0.25) is 0 Å². The number of nitrogens with zero attached hydrogens (tertiary/aromatic N) is 3. The Morgan fingerprint density at radius 2 is 1.94 bits per heavy atom. The molecule has 0 aliphatic carbocycles. The lowest BCUT2D eigenvalue weighted by Crippen LogP contribution is -2.40. The van der Waals surface area contributed by atoms with Crippen LogP contribution in [-0.2, 0) is 26.1 Å². The number of halogens is 1. The summed E-state index contributed by atoms with van der Waals surface area (Å²) in [5, 5.41) is 0. The summed E-state index contributed by atoms with van der Waals surface area (Å²) in [6.07, 6.45) is 0.988. The van der Waals surface area contributed by atoms with E-state index in [1.54, 1.807) is 14.2 Å². The van der Waals surface area contributed by atoms with E-state index in [1.807, 2.05) is 23.6 Å². The number of amides is 1. The third-order valence-corrected chi connectivity index (χ3v) is 10.3. The van der Waals surface area contributed by atoms with Crippen LogP contribution < -0.4 is 14.3 Å². The molecule has 0 saturated carbocycles. The molecule has 1 aliphatic rings. The van der Waals surface area contributed by atoms with Gasteiger partial charge < -0.3 is 18.8 Å². The summed E-state index contributed by atoms with van der Waals surface area (Å²) >= 11 is 8.26. The largest absolute Gasteiger partial charge is 0.493 e. The first kappa shape index (κ1) is 26.1. The summed E-state index contributed by atoms with van der Waals surface area (Å²) in [6, 6.07) is 5.82. The highest BCUT2D eigenvalue weighted by Crippen LogP contribution is 2.34. The van der Waals surface area contributed by atoms with Crippen LogP contribution in [0.5, 0.6) is 11.5 Å². The predicted octanol–water partition coefficient (Wildman–Crippen LogP) is 3.75. The van der Waals surface area contributed by atoms with Gasteiger partial charge in [0.05, 0.1) is 35.4 Å². The highest BCUT2D eigenvalue weighted by atomic mass is 35.5. The van der Waals surface area contributed by atoms with E-state index in [-0.39, 0.29) is 10.8 Å². The molecule has 2 aromatic heterocycles. The summed E-state index contributed by atoms with van der Waals surface area (Å²) in [6.45, 7) is 3.63. The number of hydrogen-bond acceptors (Lipinski definition) is 8. The average molecular weight is 560 g/mol. The van der Waals surface area contributed by atoms with Crippen molar-refractivity contribution in [2.75, 3.05) is 34.0 Å². The fourth-order valence-corrected chi connectivity index (χ4v) is 8.33. The van der Waals surface area contributed by atoms with Crippen LogP contribution in [0.4, 0.5) is 0 Å². The zero-order valence-electron chi connectivity index (χ0n) is 19.5. The Balaban J connectivity index is 1.74. The van der Waals surface area contributed by atoms with Gasteiger partial charge in [-0.15, -0.1) is 11.3 Å². The first-order valence-electron chi connectivity index (χ1n) is 11.0. The van der Waals surface area contributed by atoms with Crippen LogP contribution in [-0.4, -0.2) is 63.2 Å². The molecule has 3 heterocycles. The van der Waals surface area contributed by atoms with Crippen molar-refractivity contribution in [3.8, 4) is 11.5 Å². The van der Waals surface area contributed by atoms with Gasteiger partial charge in [0.25, 0.3) is 15.9 Å². The van der Waals surface area contributed by atoms with Crippen molar-refractivity contribution in [1.29, 1.82) is 0 Å². The molecule has 0 radical (unpaired) electrons. The van der Waals surface area contributed by atoms with Crippen LogP contribution in [0.25, 0.3) is 10.2 Å². The minimum absolute atomic E-state index is 0.120. The summed E-state index contributed by atoms with van der Waals surface area (Å²) in [5.41, 5.74) is 0.822. The Hall–Kier alpha value is -1.96. The normalized spacial score (nSPS) is 17.4. The summed E-state index contributed by atoms with van der Waals surface area (Å²) < 4.78 is 47.2. The van der Waals surface area contributed by atoms with Gasteiger partial charge in [-0.1, -0.05) is 22.9 Å². The Morgan fingerprint density at radius 1 is 1.20 bits per heavy atom. The van der Waals surface area contributed by atoms with Gasteiger partial charge in [-0.25, -0.2) is 8.42 Å². The van der Waals surface area contributed by atoms with Crippen molar-refractivity contribution in [2.45, 2.75) is 36.6 Å². The number of thiazole rings is 1. The third kappa shape index (κ3) is 5.27. The first-order valence-corrected chi connectivity index (χ1v) is 14.4. The predicted molar refractivity (Wildman–Crippen MR) is 136 cm³/mol. The van der Waals surface area contributed by atoms with E-state index >= 15 is 0 Å². The second-order valence-electron chi connectivity index (χ2n) is 7.69. The smallest absolute Gasteiger partial charge is 0.266 e. The lowest BCUT2D eigenvalue weighted by molar-refractivity contribution is -0.121. The zero-order valence-corrected chi connectivity index (χ0v) is 22.7. The topological polar surface area (TPSA) is 99.4 Å². The maximum absolute atomic E-state index is 13.3. The van der Waals surface area contributed by atoms with Crippen LogP contribution in [0, 0.1) is 0 Å². The van der Waals surface area contributed by atoms with Crippen LogP contribution in [0.3, 0.4) is 0 Å². The van der Waals surface area contributed by atoms with Gasteiger partial charge in [-0.3, -0.25) is 4.79 Å². The Morgan fingerprint density at radius 3 is 2.60 bits per heavy atom. The monoisotopic (exact) mass is 559 g/mol. The van der Waals surface area contributed by atoms with Crippen LogP contribution in [0.1, 0.15) is 19.8 Å². The van der Waals surface area contributed by atoms with Crippen molar-refractivity contribution >= 4 is 60.4 Å². The van der Waals surface area contributed by atoms with E-state index in [4.69, 9.17) is 25.8 Å². The molecule has 1 fully saturated rings. The third-order valence-electron chi connectivity index (χ3n) is 5.66. The van der Waals surface area contributed by atoms with Crippen molar-refractivity contribution < 1.29 is 27.4 Å². The molecular formula is C22H26ClN3O6S3. The zero-order chi connectivity index (χ0) is 25.2. The molecular weight excluding hydrogens is 534 g/mol. The SMILES string of the molecule is CCOCCn1c(=NC(=O)C2CCCN2S(=O)(=O)c2ccc(Cl)s2)sc2cc(OC)c(OC)cc21. The highest BCUT2D eigenvalue weighted by Gasteiger charge is 2.40. The molecule has 1 atom stereocenters. The van der Waals surface area contributed by atoms with Gasteiger partial charge in [0.15, 0.2) is 16.3 Å². The van der Waals surface area contributed by atoms with Crippen LogP contribution >= 0.6 is 34.3 Å². The number of carbonyl (C=O) groups excluding carboxylic acids is 1.